The Balaban J connectivity index is 1.51. The topological polar surface area (TPSA) is 9.23 Å². The summed E-state index contributed by atoms with van der Waals surface area (Å²) in [6.45, 7) is -1.04. The third-order valence-electron chi connectivity index (χ3n) is 6.82. The molecule has 2 aliphatic carbocycles. The molecule has 2 aliphatic rings. The van der Waals surface area contributed by atoms with Gasteiger partial charge in [-0.25, -0.2) is 8.78 Å². The molecule has 1 aromatic carbocycles. The molecule has 0 heterocycles. The van der Waals surface area contributed by atoms with Gasteiger partial charge in [0.05, 0.1) is 0 Å². The second kappa shape index (κ2) is 10.5. The minimum Gasteiger partial charge on any atom is -0.429 e. The summed E-state index contributed by atoms with van der Waals surface area (Å²) in [6.07, 6.45) is 16.1. The first-order valence-electron chi connectivity index (χ1n) is 11.1. The predicted octanol–water partition coefficient (Wildman–Crippen LogP) is 8.00. The first-order valence-corrected chi connectivity index (χ1v) is 11.1. The molecule has 0 radical (unpaired) electrons. The van der Waals surface area contributed by atoms with Gasteiger partial charge in [0, 0.05) is 0 Å². The van der Waals surface area contributed by atoms with Crippen LogP contribution >= 0.6 is 0 Å². The maximum Gasteiger partial charge on any atom is 0.387 e. The number of ether oxygens (including phenoxy) is 1. The van der Waals surface area contributed by atoms with E-state index in [2.05, 4.69) is 23.8 Å². The van der Waals surface area contributed by atoms with Crippen molar-refractivity contribution in [3.63, 3.8) is 0 Å². The van der Waals surface area contributed by atoms with E-state index in [1.165, 1.54) is 50.7 Å². The van der Waals surface area contributed by atoms with E-state index < -0.39 is 24.0 Å². The molecule has 0 bridgehead atoms. The Labute approximate surface area is 171 Å². The highest BCUT2D eigenvalue weighted by atomic mass is 19.3. The summed E-state index contributed by atoms with van der Waals surface area (Å²) in [4.78, 5) is 0. The largest absolute Gasteiger partial charge is 0.429 e. The Morgan fingerprint density at radius 1 is 0.931 bits per heavy atom. The van der Waals surface area contributed by atoms with Crippen molar-refractivity contribution >= 4 is 0 Å². The Kier molecular flexibility index (Phi) is 8.02. The fourth-order valence-corrected chi connectivity index (χ4v) is 5.20. The molecule has 0 amide bonds. The van der Waals surface area contributed by atoms with E-state index in [1.807, 2.05) is 0 Å². The zero-order chi connectivity index (χ0) is 20.8. The number of hydrogen-bond acceptors (Lipinski definition) is 1. The summed E-state index contributed by atoms with van der Waals surface area (Å²) >= 11 is 0. The first kappa shape index (κ1) is 22.2. The summed E-state index contributed by atoms with van der Waals surface area (Å²) in [6, 6.07) is 2.33. The van der Waals surface area contributed by atoms with Crippen LogP contribution in [0.1, 0.15) is 82.6 Å². The van der Waals surface area contributed by atoms with Crippen molar-refractivity contribution in [2.45, 2.75) is 83.7 Å². The van der Waals surface area contributed by atoms with Gasteiger partial charge in [0.2, 0.25) is 0 Å². The van der Waals surface area contributed by atoms with Crippen LogP contribution in [0.25, 0.3) is 0 Å². The standard InChI is InChI=1S/C24H32F4O/c1-2-3-4-5-16-6-8-17(9-7-16)18-10-12-19(13-11-18)20-14-21(25)23(22(26)15-20)29-24(27)28/h4-5,14-19,24H,2-3,6-13H2,1H3/b5-4+. The molecule has 1 nitrogen and oxygen atoms in total. The van der Waals surface area contributed by atoms with Crippen LogP contribution in [0, 0.1) is 29.4 Å². The zero-order valence-electron chi connectivity index (χ0n) is 17.2. The van der Waals surface area contributed by atoms with E-state index in [-0.39, 0.29) is 5.92 Å². The fourth-order valence-electron chi connectivity index (χ4n) is 5.20. The quantitative estimate of drug-likeness (QED) is 0.326. The van der Waals surface area contributed by atoms with Crippen LogP contribution in [-0.2, 0) is 0 Å². The SMILES string of the molecule is CCC/C=C/C1CCC(C2CCC(c3cc(F)c(OC(F)F)c(F)c3)CC2)CC1. The average molecular weight is 413 g/mol. The number of alkyl halides is 2. The third-order valence-corrected chi connectivity index (χ3v) is 6.82. The van der Waals surface area contributed by atoms with E-state index in [1.54, 1.807) is 0 Å². The molecule has 0 spiro atoms. The van der Waals surface area contributed by atoms with Crippen LogP contribution in [0.4, 0.5) is 17.6 Å². The Hall–Kier alpha value is -1.52. The highest BCUT2D eigenvalue weighted by Crippen LogP contribution is 2.44. The van der Waals surface area contributed by atoms with Gasteiger partial charge in [-0.3, -0.25) is 0 Å². The van der Waals surface area contributed by atoms with E-state index in [9.17, 15) is 17.6 Å². The van der Waals surface area contributed by atoms with Crippen molar-refractivity contribution in [3.05, 3.63) is 41.5 Å². The molecule has 1 aromatic rings. The van der Waals surface area contributed by atoms with Crippen molar-refractivity contribution in [2.24, 2.45) is 17.8 Å². The minimum absolute atomic E-state index is 0.0872. The highest BCUT2D eigenvalue weighted by Gasteiger charge is 2.31. The van der Waals surface area contributed by atoms with Crippen molar-refractivity contribution in [3.8, 4) is 5.75 Å². The second-order valence-electron chi connectivity index (χ2n) is 8.70. The molecule has 0 unspecified atom stereocenters. The smallest absolute Gasteiger partial charge is 0.387 e. The van der Waals surface area contributed by atoms with Crippen molar-refractivity contribution < 1.29 is 22.3 Å². The minimum atomic E-state index is -3.24. The number of benzene rings is 1. The number of hydrogen-bond donors (Lipinski definition) is 0. The summed E-state index contributed by atoms with van der Waals surface area (Å²) in [7, 11) is 0. The normalized spacial score (nSPS) is 28.2. The van der Waals surface area contributed by atoms with Crippen LogP contribution in [0.5, 0.6) is 5.75 Å². The molecule has 0 aromatic heterocycles. The lowest BCUT2D eigenvalue weighted by Crippen LogP contribution is -2.25. The van der Waals surface area contributed by atoms with Crippen LogP contribution < -0.4 is 4.74 Å². The number of unbranched alkanes of at least 4 members (excludes halogenated alkanes) is 1. The van der Waals surface area contributed by atoms with Gasteiger partial charge in [-0.05, 0) is 99.2 Å². The average Bonchev–Trinajstić information content (AvgIpc) is 2.71. The van der Waals surface area contributed by atoms with Gasteiger partial charge in [0.15, 0.2) is 17.4 Å². The van der Waals surface area contributed by atoms with Crippen molar-refractivity contribution in [1.82, 2.24) is 0 Å². The lowest BCUT2D eigenvalue weighted by Gasteiger charge is -2.37. The van der Waals surface area contributed by atoms with Crippen LogP contribution in [-0.4, -0.2) is 6.61 Å². The molecule has 0 aliphatic heterocycles. The van der Waals surface area contributed by atoms with Crippen LogP contribution in [0.2, 0.25) is 0 Å². The van der Waals surface area contributed by atoms with Gasteiger partial charge in [0.25, 0.3) is 0 Å². The van der Waals surface area contributed by atoms with E-state index in [0.717, 1.165) is 37.5 Å². The van der Waals surface area contributed by atoms with E-state index in [4.69, 9.17) is 0 Å². The maximum atomic E-state index is 14.0. The van der Waals surface area contributed by atoms with Crippen LogP contribution in [0.15, 0.2) is 24.3 Å². The van der Waals surface area contributed by atoms with Crippen molar-refractivity contribution in [2.75, 3.05) is 0 Å². The first-order chi connectivity index (χ1) is 14.0. The molecule has 0 saturated heterocycles. The molecular weight excluding hydrogens is 380 g/mol. The summed E-state index contributed by atoms with van der Waals surface area (Å²) < 4.78 is 56.6. The molecule has 162 valence electrons. The molecule has 29 heavy (non-hydrogen) atoms. The molecule has 2 fully saturated rings. The zero-order valence-corrected chi connectivity index (χ0v) is 17.2. The van der Waals surface area contributed by atoms with Gasteiger partial charge in [-0.1, -0.05) is 25.5 Å². The molecular formula is C24H32F4O. The number of rotatable bonds is 7. The van der Waals surface area contributed by atoms with Crippen molar-refractivity contribution in [1.29, 1.82) is 0 Å². The monoisotopic (exact) mass is 412 g/mol. The van der Waals surface area contributed by atoms with E-state index >= 15 is 0 Å². The molecule has 0 N–H and O–H groups in total. The second-order valence-corrected chi connectivity index (χ2v) is 8.70. The third kappa shape index (κ3) is 5.99. The van der Waals surface area contributed by atoms with Gasteiger partial charge >= 0.3 is 6.61 Å². The highest BCUT2D eigenvalue weighted by molar-refractivity contribution is 5.33. The lowest BCUT2D eigenvalue weighted by atomic mass is 9.68. The van der Waals surface area contributed by atoms with Crippen LogP contribution in [0.3, 0.4) is 0 Å². The predicted molar refractivity (Wildman–Crippen MR) is 107 cm³/mol. The van der Waals surface area contributed by atoms with Gasteiger partial charge in [-0.2, -0.15) is 8.78 Å². The van der Waals surface area contributed by atoms with E-state index in [0.29, 0.717) is 11.5 Å². The Morgan fingerprint density at radius 2 is 1.48 bits per heavy atom. The lowest BCUT2D eigenvalue weighted by molar-refractivity contribution is -0.0546. The van der Waals surface area contributed by atoms with Gasteiger partial charge < -0.3 is 4.74 Å². The molecule has 5 heteroatoms. The summed E-state index contributed by atoms with van der Waals surface area (Å²) in [5, 5.41) is 0. The Morgan fingerprint density at radius 3 is 2.00 bits per heavy atom. The maximum absolute atomic E-state index is 14.0. The fraction of sp³-hybridized carbons (Fsp3) is 0.667. The number of allylic oxidation sites excluding steroid dienone is 2. The number of halogens is 4. The summed E-state index contributed by atoms with van der Waals surface area (Å²) in [5.41, 5.74) is 0.560. The molecule has 2 saturated carbocycles. The molecule has 0 atom stereocenters. The van der Waals surface area contributed by atoms with Gasteiger partial charge in [0.1, 0.15) is 0 Å². The molecule has 3 rings (SSSR count). The Bertz CT molecular complexity index is 648. The van der Waals surface area contributed by atoms with Gasteiger partial charge in [-0.15, -0.1) is 0 Å². The summed E-state index contributed by atoms with van der Waals surface area (Å²) in [5.74, 6) is -0.792.